The fraction of sp³-hybridized carbons (Fsp3) is 0.405. The molecule has 2 unspecified atom stereocenters. The van der Waals surface area contributed by atoms with Crippen molar-refractivity contribution < 1.29 is 24.5 Å². The number of fused-ring (bicyclic) bond motifs is 2. The third-order valence-corrected chi connectivity index (χ3v) is 9.95. The van der Waals surface area contributed by atoms with E-state index >= 15 is 0 Å². The lowest BCUT2D eigenvalue weighted by molar-refractivity contribution is -0.137. The van der Waals surface area contributed by atoms with Crippen molar-refractivity contribution in [2.45, 2.75) is 88.0 Å². The number of thioether (sulfide) groups is 1. The van der Waals surface area contributed by atoms with Gasteiger partial charge in [0.05, 0.1) is 5.56 Å². The summed E-state index contributed by atoms with van der Waals surface area (Å²) in [6.45, 7) is 0.552. The Labute approximate surface area is 259 Å². The van der Waals surface area contributed by atoms with Crippen LogP contribution < -0.4 is 4.74 Å². The zero-order valence-electron chi connectivity index (χ0n) is 24.8. The van der Waals surface area contributed by atoms with Crippen molar-refractivity contribution >= 4 is 23.7 Å². The van der Waals surface area contributed by atoms with Crippen molar-refractivity contribution in [3.63, 3.8) is 0 Å². The van der Waals surface area contributed by atoms with Gasteiger partial charge in [-0.15, -0.1) is 11.8 Å². The molecule has 0 spiro atoms. The van der Waals surface area contributed by atoms with Gasteiger partial charge < -0.3 is 14.9 Å². The first kappa shape index (κ1) is 30.9. The van der Waals surface area contributed by atoms with E-state index in [1.54, 1.807) is 6.07 Å². The largest absolute Gasteiger partial charge is 0.489 e. The van der Waals surface area contributed by atoms with Gasteiger partial charge in [-0.25, -0.2) is 4.79 Å². The van der Waals surface area contributed by atoms with Crippen molar-refractivity contribution in [3.05, 3.63) is 106 Å². The van der Waals surface area contributed by atoms with E-state index in [0.29, 0.717) is 30.4 Å². The molecule has 3 aromatic carbocycles. The van der Waals surface area contributed by atoms with E-state index in [4.69, 9.17) is 9.84 Å². The Bertz CT molecular complexity index is 1440. The summed E-state index contributed by atoms with van der Waals surface area (Å²) in [5.74, 6) is 1.12. The smallest absolute Gasteiger partial charge is 0.335 e. The van der Waals surface area contributed by atoms with Crippen molar-refractivity contribution in [1.29, 1.82) is 0 Å². The number of carboxylic acid groups (broad SMARTS) is 2. The molecule has 3 aromatic rings. The van der Waals surface area contributed by atoms with Crippen molar-refractivity contribution in [3.8, 4) is 5.75 Å². The van der Waals surface area contributed by atoms with Crippen LogP contribution in [0.4, 0.5) is 0 Å². The zero-order chi connectivity index (χ0) is 30.0. The van der Waals surface area contributed by atoms with Crippen LogP contribution in [0.1, 0.15) is 95.5 Å². The van der Waals surface area contributed by atoms with Gasteiger partial charge in [-0.05, 0) is 134 Å². The number of allylic oxidation sites excluding steroid dienone is 2. The minimum absolute atomic E-state index is 0.209. The Kier molecular flexibility index (Phi) is 11.0. The summed E-state index contributed by atoms with van der Waals surface area (Å²) in [5.41, 5.74) is 6.63. The quantitative estimate of drug-likeness (QED) is 0.142. The summed E-state index contributed by atoms with van der Waals surface area (Å²) in [6, 6.07) is 20.7. The molecular formula is C37H42O5S. The van der Waals surface area contributed by atoms with Gasteiger partial charge in [0.1, 0.15) is 12.4 Å². The molecule has 1 aliphatic heterocycles. The second kappa shape index (κ2) is 15.3. The highest BCUT2D eigenvalue weighted by Crippen LogP contribution is 2.40. The molecule has 0 saturated carbocycles. The predicted octanol–water partition coefficient (Wildman–Crippen LogP) is 8.87. The Morgan fingerprint density at radius 2 is 1.84 bits per heavy atom. The highest BCUT2D eigenvalue weighted by molar-refractivity contribution is 7.99. The van der Waals surface area contributed by atoms with Gasteiger partial charge in [0.2, 0.25) is 0 Å². The van der Waals surface area contributed by atoms with Crippen LogP contribution in [0, 0.1) is 5.92 Å². The first-order chi connectivity index (χ1) is 21.0. The Morgan fingerprint density at radius 3 is 2.70 bits per heavy atom. The molecular weight excluding hydrogens is 556 g/mol. The Hall–Kier alpha value is -3.51. The lowest BCUT2D eigenvalue weighted by atomic mass is 9.73. The second-order valence-corrected chi connectivity index (χ2v) is 12.9. The fourth-order valence-electron chi connectivity index (χ4n) is 6.51. The average Bonchev–Trinajstić information content (AvgIpc) is 3.02. The number of hydrogen-bond donors (Lipinski definition) is 2. The topological polar surface area (TPSA) is 83.8 Å². The molecule has 0 bridgehead atoms. The Morgan fingerprint density at radius 1 is 0.977 bits per heavy atom. The summed E-state index contributed by atoms with van der Waals surface area (Å²) < 4.78 is 6.40. The van der Waals surface area contributed by atoms with E-state index in [2.05, 4.69) is 48.6 Å². The summed E-state index contributed by atoms with van der Waals surface area (Å²) in [5, 5.41) is 18.5. The van der Waals surface area contributed by atoms with Crippen molar-refractivity contribution in [2.75, 3.05) is 5.75 Å². The lowest BCUT2D eigenvalue weighted by Crippen LogP contribution is -2.19. The third-order valence-electron chi connectivity index (χ3n) is 8.75. The number of hydrogen-bond acceptors (Lipinski definition) is 4. The maximum absolute atomic E-state index is 11.6. The van der Waals surface area contributed by atoms with E-state index in [9.17, 15) is 14.7 Å². The van der Waals surface area contributed by atoms with E-state index in [-0.39, 0.29) is 6.42 Å². The number of benzene rings is 3. The van der Waals surface area contributed by atoms with Crippen LogP contribution in [0.25, 0.3) is 0 Å². The monoisotopic (exact) mass is 598 g/mol. The molecule has 1 aliphatic carbocycles. The molecule has 0 amide bonds. The Balaban J connectivity index is 1.29. The van der Waals surface area contributed by atoms with Crippen molar-refractivity contribution in [1.82, 2.24) is 0 Å². The number of aryl methyl sites for hydroxylation is 3. The molecule has 5 nitrogen and oxygen atoms in total. The second-order valence-electron chi connectivity index (χ2n) is 11.8. The van der Waals surface area contributed by atoms with Gasteiger partial charge in [0.25, 0.3) is 0 Å². The predicted molar refractivity (Wildman–Crippen MR) is 172 cm³/mol. The van der Waals surface area contributed by atoms with E-state index in [0.717, 1.165) is 62.7 Å². The molecule has 2 N–H and O–H groups in total. The zero-order valence-corrected chi connectivity index (χ0v) is 25.6. The fourth-order valence-corrected chi connectivity index (χ4v) is 7.53. The van der Waals surface area contributed by atoms with Crippen LogP contribution in [0.5, 0.6) is 5.75 Å². The number of rotatable bonds is 14. The molecule has 6 heteroatoms. The summed E-state index contributed by atoms with van der Waals surface area (Å²) in [4.78, 5) is 23.9. The number of para-hydroxylation sites is 1. The number of unbranched alkanes of at least 4 members (excludes halogenated alkanes) is 2. The number of ether oxygens (including phenoxy) is 1. The van der Waals surface area contributed by atoms with E-state index in [1.807, 2.05) is 30.0 Å². The average molecular weight is 599 g/mol. The van der Waals surface area contributed by atoms with Gasteiger partial charge in [-0.1, -0.05) is 48.6 Å². The number of carbonyl (C=O) groups is 2. The number of aromatic carboxylic acids is 1. The first-order valence-electron chi connectivity index (χ1n) is 15.7. The molecule has 5 rings (SSSR count). The van der Waals surface area contributed by atoms with Crippen LogP contribution >= 0.6 is 11.8 Å². The molecule has 2 aliphatic rings. The third kappa shape index (κ3) is 8.54. The van der Waals surface area contributed by atoms with Crippen LogP contribution in [0.2, 0.25) is 0 Å². The molecule has 0 saturated heterocycles. The molecule has 0 radical (unpaired) electrons. The van der Waals surface area contributed by atoms with E-state index in [1.165, 1.54) is 39.3 Å². The summed E-state index contributed by atoms with van der Waals surface area (Å²) in [6.07, 6.45) is 14.4. The molecule has 43 heavy (non-hydrogen) atoms. The minimum Gasteiger partial charge on any atom is -0.489 e. The van der Waals surface area contributed by atoms with Crippen LogP contribution in [0.15, 0.2) is 77.7 Å². The molecule has 2 atom stereocenters. The first-order valence-corrected chi connectivity index (χ1v) is 16.7. The van der Waals surface area contributed by atoms with Crippen molar-refractivity contribution in [2.24, 2.45) is 5.92 Å². The lowest BCUT2D eigenvalue weighted by Gasteiger charge is -2.31. The van der Waals surface area contributed by atoms with Gasteiger partial charge in [-0.3, -0.25) is 4.79 Å². The SMILES string of the molecule is O=C(O)CCCC/C=C/C(CCc1ccccc1OCc1ccc2c(c1)CCCS2)C1CCCc2cc(C(=O)O)ccc21. The van der Waals surface area contributed by atoms with Gasteiger partial charge in [-0.2, -0.15) is 0 Å². The number of aliphatic carboxylic acids is 1. The van der Waals surface area contributed by atoms with Gasteiger partial charge in [0, 0.05) is 11.3 Å². The van der Waals surface area contributed by atoms with Gasteiger partial charge >= 0.3 is 11.9 Å². The summed E-state index contributed by atoms with van der Waals surface area (Å²) >= 11 is 1.95. The molecule has 0 fully saturated rings. The molecule has 0 aromatic heterocycles. The standard InChI is InChI=1S/C37H42O5S/c38-36(39)15-4-2-1-3-9-27(32-13-7-11-29-24-31(37(40)41)19-20-33(29)32)17-18-28-10-5-6-14-34(28)42-25-26-16-21-35-30(23-26)12-8-22-43-35/h3,5-6,9-10,14,16,19-21,23-24,27,32H,1-2,4,7-8,11-13,15,17-18,22,25H2,(H,38,39)(H,40,41)/b9-3+. The maximum atomic E-state index is 11.6. The van der Waals surface area contributed by atoms with Crippen LogP contribution in [0.3, 0.4) is 0 Å². The number of carboxylic acids is 2. The van der Waals surface area contributed by atoms with E-state index < -0.39 is 11.9 Å². The molecule has 226 valence electrons. The summed E-state index contributed by atoms with van der Waals surface area (Å²) in [7, 11) is 0. The van der Waals surface area contributed by atoms with Crippen LogP contribution in [-0.4, -0.2) is 27.9 Å². The maximum Gasteiger partial charge on any atom is 0.335 e. The van der Waals surface area contributed by atoms with Gasteiger partial charge in [0.15, 0.2) is 0 Å². The molecule has 1 heterocycles. The minimum atomic E-state index is -0.881. The van der Waals surface area contributed by atoms with Crippen LogP contribution in [-0.2, 0) is 30.7 Å². The highest BCUT2D eigenvalue weighted by atomic mass is 32.2. The normalized spacial score (nSPS) is 16.8. The highest BCUT2D eigenvalue weighted by Gasteiger charge is 2.27.